The molecule has 0 atom stereocenters. The monoisotopic (exact) mass is 379 g/mol. The number of anilines is 1. The molecule has 0 bridgehead atoms. The van der Waals surface area contributed by atoms with Crippen LogP contribution in [0.15, 0.2) is 41.8 Å². The van der Waals surface area contributed by atoms with Gasteiger partial charge < -0.3 is 10.1 Å². The number of halogens is 1. The van der Waals surface area contributed by atoms with Crippen LogP contribution in [0, 0.1) is 0 Å². The van der Waals surface area contributed by atoms with Gasteiger partial charge in [0.25, 0.3) is 5.91 Å². The third-order valence-corrected chi connectivity index (χ3v) is 4.80. The summed E-state index contributed by atoms with van der Waals surface area (Å²) >= 11 is 8.22. The molecule has 2 aromatic heterocycles. The van der Waals surface area contributed by atoms with Crippen LogP contribution in [0.25, 0.3) is 0 Å². The Balaban J connectivity index is 1.65. The van der Waals surface area contributed by atoms with E-state index >= 15 is 0 Å². The van der Waals surface area contributed by atoms with Gasteiger partial charge in [0.1, 0.15) is 16.6 Å². The molecule has 24 heavy (non-hydrogen) atoms. The number of ether oxygens (including phenoxy) is 1. The molecular formula is C15H10ClN3O3S2. The maximum absolute atomic E-state index is 12.1. The molecule has 0 saturated heterocycles. The van der Waals surface area contributed by atoms with E-state index in [0.29, 0.717) is 26.2 Å². The van der Waals surface area contributed by atoms with Gasteiger partial charge in [0.2, 0.25) is 0 Å². The van der Waals surface area contributed by atoms with Crippen LogP contribution in [0.3, 0.4) is 0 Å². The molecule has 1 amide bonds. The molecule has 0 saturated carbocycles. The number of aromatic nitrogens is 2. The molecule has 9 heteroatoms. The molecule has 122 valence electrons. The molecule has 0 unspecified atom stereocenters. The van der Waals surface area contributed by atoms with Crippen LogP contribution >= 0.6 is 34.5 Å². The summed E-state index contributed by atoms with van der Waals surface area (Å²) < 4.78 is 9.21. The lowest BCUT2D eigenvalue weighted by Crippen LogP contribution is -2.11. The third-order valence-electron chi connectivity index (χ3n) is 2.95. The second-order valence-corrected chi connectivity index (χ2v) is 6.89. The number of nitrogens with zero attached hydrogens (tertiary/aromatic N) is 2. The van der Waals surface area contributed by atoms with Crippen LogP contribution in [0.5, 0.6) is 0 Å². The highest BCUT2D eigenvalue weighted by Gasteiger charge is 2.13. The van der Waals surface area contributed by atoms with Gasteiger partial charge in [-0.1, -0.05) is 28.2 Å². The van der Waals surface area contributed by atoms with E-state index in [0.717, 1.165) is 11.5 Å². The molecule has 1 aromatic carbocycles. The Morgan fingerprint density at radius 3 is 2.83 bits per heavy atom. The molecule has 3 aromatic rings. The quantitative estimate of drug-likeness (QED) is 0.680. The maximum atomic E-state index is 12.1. The second-order valence-electron chi connectivity index (χ2n) is 4.58. The first kappa shape index (κ1) is 16.6. The summed E-state index contributed by atoms with van der Waals surface area (Å²) in [5, 5.41) is 8.33. The van der Waals surface area contributed by atoms with Crippen molar-refractivity contribution in [2.45, 2.75) is 6.61 Å². The largest absolute Gasteiger partial charge is 0.455 e. The van der Waals surface area contributed by atoms with Crippen LogP contribution in [-0.4, -0.2) is 21.5 Å². The molecule has 0 spiro atoms. The number of thiophene rings is 1. The van der Waals surface area contributed by atoms with Gasteiger partial charge in [-0.25, -0.2) is 4.79 Å². The molecule has 0 fully saturated rings. The van der Waals surface area contributed by atoms with Crippen molar-refractivity contribution >= 4 is 52.0 Å². The average Bonchev–Trinajstić information content (AvgIpc) is 3.24. The highest BCUT2D eigenvalue weighted by atomic mass is 35.5. The van der Waals surface area contributed by atoms with E-state index in [9.17, 15) is 9.59 Å². The SMILES string of the molecule is O=C(OCc1nnsc1Cl)c1cccc(NC(=O)c2cccs2)c1. The van der Waals surface area contributed by atoms with Crippen LogP contribution < -0.4 is 5.32 Å². The van der Waals surface area contributed by atoms with Crippen molar-refractivity contribution in [1.82, 2.24) is 9.59 Å². The number of benzene rings is 1. The number of amides is 1. The van der Waals surface area contributed by atoms with E-state index in [1.807, 2.05) is 5.38 Å². The molecule has 0 aliphatic heterocycles. The number of hydrogen-bond acceptors (Lipinski definition) is 7. The zero-order valence-electron chi connectivity index (χ0n) is 12.1. The molecule has 6 nitrogen and oxygen atoms in total. The first-order valence-corrected chi connectivity index (χ1v) is 8.75. The van der Waals surface area contributed by atoms with Crippen molar-refractivity contribution in [3.8, 4) is 0 Å². The lowest BCUT2D eigenvalue weighted by atomic mass is 10.2. The van der Waals surface area contributed by atoms with Gasteiger partial charge in [-0.2, -0.15) is 0 Å². The highest BCUT2D eigenvalue weighted by Crippen LogP contribution is 2.19. The third kappa shape index (κ3) is 3.97. The Morgan fingerprint density at radius 2 is 2.12 bits per heavy atom. The van der Waals surface area contributed by atoms with Gasteiger partial charge in [-0.05, 0) is 29.6 Å². The van der Waals surface area contributed by atoms with Gasteiger partial charge in [0, 0.05) is 17.2 Å². The number of esters is 1. The van der Waals surface area contributed by atoms with E-state index in [-0.39, 0.29) is 12.5 Å². The van der Waals surface area contributed by atoms with Gasteiger partial charge in [0.15, 0.2) is 0 Å². The summed E-state index contributed by atoms with van der Waals surface area (Å²) in [6, 6.07) is 10.0. The van der Waals surface area contributed by atoms with E-state index in [1.54, 1.807) is 36.4 Å². The van der Waals surface area contributed by atoms with Crippen molar-refractivity contribution in [3.05, 3.63) is 62.2 Å². The van der Waals surface area contributed by atoms with E-state index in [1.165, 1.54) is 11.3 Å². The maximum Gasteiger partial charge on any atom is 0.338 e. The van der Waals surface area contributed by atoms with Gasteiger partial charge in [0.05, 0.1) is 10.4 Å². The summed E-state index contributed by atoms with van der Waals surface area (Å²) in [6.07, 6.45) is 0. The summed E-state index contributed by atoms with van der Waals surface area (Å²) in [6.45, 7) is -0.0556. The predicted molar refractivity (Wildman–Crippen MR) is 92.8 cm³/mol. The number of hydrogen-bond donors (Lipinski definition) is 1. The topological polar surface area (TPSA) is 81.2 Å². The van der Waals surface area contributed by atoms with Crippen molar-refractivity contribution in [2.24, 2.45) is 0 Å². The Labute approximate surface area is 150 Å². The van der Waals surface area contributed by atoms with Gasteiger partial charge in [-0.3, -0.25) is 4.79 Å². The van der Waals surface area contributed by atoms with Crippen molar-refractivity contribution < 1.29 is 14.3 Å². The Kier molecular flexibility index (Phi) is 5.19. The molecule has 0 radical (unpaired) electrons. The second kappa shape index (κ2) is 7.52. The highest BCUT2D eigenvalue weighted by molar-refractivity contribution is 7.12. The summed E-state index contributed by atoms with van der Waals surface area (Å²) in [5.74, 6) is -0.762. The van der Waals surface area contributed by atoms with Crippen LogP contribution in [0.4, 0.5) is 5.69 Å². The number of nitrogens with one attached hydrogen (secondary N) is 1. The Morgan fingerprint density at radius 1 is 1.25 bits per heavy atom. The fourth-order valence-electron chi connectivity index (χ4n) is 1.82. The normalized spacial score (nSPS) is 10.4. The first-order chi connectivity index (χ1) is 11.6. The number of carbonyl (C=O) groups excluding carboxylic acids is 2. The fraction of sp³-hybridized carbons (Fsp3) is 0.0667. The average molecular weight is 380 g/mol. The molecule has 3 rings (SSSR count). The Hall–Kier alpha value is -2.29. The zero-order chi connectivity index (χ0) is 16.9. The predicted octanol–water partition coefficient (Wildman–Crippen LogP) is 3.86. The van der Waals surface area contributed by atoms with Crippen LogP contribution in [0.2, 0.25) is 4.34 Å². The van der Waals surface area contributed by atoms with Gasteiger partial charge >= 0.3 is 5.97 Å². The van der Waals surface area contributed by atoms with Crippen LogP contribution in [-0.2, 0) is 11.3 Å². The van der Waals surface area contributed by atoms with Crippen molar-refractivity contribution in [1.29, 1.82) is 0 Å². The van der Waals surface area contributed by atoms with Crippen LogP contribution in [0.1, 0.15) is 25.7 Å². The lowest BCUT2D eigenvalue weighted by Gasteiger charge is -2.07. The number of rotatable bonds is 5. The smallest absolute Gasteiger partial charge is 0.338 e. The summed E-state index contributed by atoms with van der Waals surface area (Å²) in [7, 11) is 0. The van der Waals surface area contributed by atoms with Crippen molar-refractivity contribution in [3.63, 3.8) is 0 Å². The molecular weight excluding hydrogens is 370 g/mol. The minimum atomic E-state index is -0.536. The Bertz CT molecular complexity index is 864. The summed E-state index contributed by atoms with van der Waals surface area (Å²) in [4.78, 5) is 24.7. The first-order valence-electron chi connectivity index (χ1n) is 6.72. The van der Waals surface area contributed by atoms with E-state index in [2.05, 4.69) is 14.9 Å². The zero-order valence-corrected chi connectivity index (χ0v) is 14.5. The molecule has 2 heterocycles. The molecule has 1 N–H and O–H groups in total. The minimum absolute atomic E-state index is 0.0556. The number of carbonyl (C=O) groups is 2. The lowest BCUT2D eigenvalue weighted by molar-refractivity contribution is 0.0468. The van der Waals surface area contributed by atoms with E-state index in [4.69, 9.17) is 16.3 Å². The summed E-state index contributed by atoms with van der Waals surface area (Å²) in [5.41, 5.74) is 1.24. The molecule has 0 aliphatic carbocycles. The van der Waals surface area contributed by atoms with E-state index < -0.39 is 5.97 Å². The molecule has 0 aliphatic rings. The van der Waals surface area contributed by atoms with Gasteiger partial charge in [-0.15, -0.1) is 16.4 Å². The standard InChI is InChI=1S/C15H10ClN3O3S2/c16-13-11(18-19-24-13)8-22-15(21)9-3-1-4-10(7-9)17-14(20)12-5-2-6-23-12/h1-7H,8H2,(H,17,20). The van der Waals surface area contributed by atoms with Crippen molar-refractivity contribution in [2.75, 3.05) is 5.32 Å². The minimum Gasteiger partial charge on any atom is -0.455 e. The fourth-order valence-corrected chi connectivity index (χ4v) is 3.04.